The molecule has 0 fully saturated rings. The van der Waals surface area contributed by atoms with E-state index in [0.29, 0.717) is 36.2 Å². The van der Waals surface area contributed by atoms with Gasteiger partial charge in [-0.2, -0.15) is 15.0 Å². The summed E-state index contributed by atoms with van der Waals surface area (Å²) in [5.74, 6) is 1.96. The van der Waals surface area contributed by atoms with Crippen LogP contribution in [0.15, 0.2) is 42.5 Å². The van der Waals surface area contributed by atoms with Crippen LogP contribution in [0.3, 0.4) is 0 Å². The number of halogens is 1. The maximum Gasteiger partial charge on any atom is 0.321 e. The van der Waals surface area contributed by atoms with Gasteiger partial charge in [0.05, 0.1) is 7.11 Å². The minimum atomic E-state index is -0.248. The standard InChI is InChI=1S/C19H17FN4O3/c1-25-19-23-17(13-4-7-15-16(10-13)27-11-26-15)22-18(24-19)21-9-8-12-2-5-14(20)6-3-12/h2-7,10H,8-9,11H2,1H3,(H,21,22,23,24). The molecular formula is C19H17FN4O3. The summed E-state index contributed by atoms with van der Waals surface area (Å²) in [5, 5.41) is 3.15. The van der Waals surface area contributed by atoms with Gasteiger partial charge in [-0.25, -0.2) is 4.39 Å². The van der Waals surface area contributed by atoms with Gasteiger partial charge in [-0.1, -0.05) is 12.1 Å². The highest BCUT2D eigenvalue weighted by atomic mass is 19.1. The van der Waals surface area contributed by atoms with Crippen LogP contribution >= 0.6 is 0 Å². The van der Waals surface area contributed by atoms with E-state index in [0.717, 1.165) is 11.1 Å². The van der Waals surface area contributed by atoms with E-state index in [1.165, 1.54) is 19.2 Å². The number of fused-ring (bicyclic) bond motifs is 1. The lowest BCUT2D eigenvalue weighted by Gasteiger charge is -2.09. The van der Waals surface area contributed by atoms with Crippen molar-refractivity contribution >= 4 is 5.95 Å². The molecule has 7 nitrogen and oxygen atoms in total. The summed E-state index contributed by atoms with van der Waals surface area (Å²) in [5.41, 5.74) is 1.78. The molecule has 27 heavy (non-hydrogen) atoms. The fourth-order valence-electron chi connectivity index (χ4n) is 2.66. The van der Waals surface area contributed by atoms with Crippen molar-refractivity contribution in [3.05, 3.63) is 53.8 Å². The maximum atomic E-state index is 13.0. The van der Waals surface area contributed by atoms with E-state index < -0.39 is 0 Å². The van der Waals surface area contributed by atoms with E-state index >= 15 is 0 Å². The second kappa shape index (κ2) is 7.45. The van der Waals surface area contributed by atoms with E-state index in [1.54, 1.807) is 12.1 Å². The van der Waals surface area contributed by atoms with Crippen molar-refractivity contribution in [3.63, 3.8) is 0 Å². The van der Waals surface area contributed by atoms with Crippen LogP contribution in [-0.4, -0.2) is 35.4 Å². The van der Waals surface area contributed by atoms with Crippen molar-refractivity contribution in [2.24, 2.45) is 0 Å². The number of rotatable bonds is 6. The number of nitrogens with zero attached hydrogens (tertiary/aromatic N) is 3. The SMILES string of the molecule is COc1nc(NCCc2ccc(F)cc2)nc(-c2ccc3c(c2)OCO3)n1. The Kier molecular flexibility index (Phi) is 4.69. The van der Waals surface area contributed by atoms with Gasteiger partial charge in [0, 0.05) is 12.1 Å². The quantitative estimate of drug-likeness (QED) is 0.716. The number of nitrogens with one attached hydrogen (secondary N) is 1. The van der Waals surface area contributed by atoms with Crippen molar-refractivity contribution < 1.29 is 18.6 Å². The highest BCUT2D eigenvalue weighted by molar-refractivity contribution is 5.62. The highest BCUT2D eigenvalue weighted by Gasteiger charge is 2.16. The number of anilines is 1. The first-order chi connectivity index (χ1) is 13.2. The first-order valence-corrected chi connectivity index (χ1v) is 8.40. The average molecular weight is 368 g/mol. The second-order valence-electron chi connectivity index (χ2n) is 5.84. The molecule has 8 heteroatoms. The maximum absolute atomic E-state index is 13.0. The topological polar surface area (TPSA) is 78.4 Å². The minimum Gasteiger partial charge on any atom is -0.467 e. The number of ether oxygens (including phenoxy) is 3. The van der Waals surface area contributed by atoms with Crippen LogP contribution in [0, 0.1) is 5.82 Å². The van der Waals surface area contributed by atoms with Gasteiger partial charge >= 0.3 is 6.01 Å². The van der Waals surface area contributed by atoms with Gasteiger partial charge in [0.15, 0.2) is 17.3 Å². The van der Waals surface area contributed by atoms with Gasteiger partial charge in [0.1, 0.15) is 5.82 Å². The monoisotopic (exact) mass is 368 g/mol. The molecule has 0 aliphatic carbocycles. The summed E-state index contributed by atoms with van der Waals surface area (Å²) in [7, 11) is 1.50. The number of hydrogen-bond acceptors (Lipinski definition) is 7. The molecule has 1 aliphatic heterocycles. The molecule has 2 aromatic carbocycles. The van der Waals surface area contributed by atoms with Crippen molar-refractivity contribution in [2.45, 2.75) is 6.42 Å². The molecular weight excluding hydrogens is 351 g/mol. The fourth-order valence-corrected chi connectivity index (χ4v) is 2.66. The van der Waals surface area contributed by atoms with Crippen LogP contribution in [0.2, 0.25) is 0 Å². The van der Waals surface area contributed by atoms with Crippen LogP contribution in [0.5, 0.6) is 17.5 Å². The molecule has 0 radical (unpaired) electrons. The fraction of sp³-hybridized carbons (Fsp3) is 0.211. The Morgan fingerprint density at radius 3 is 2.67 bits per heavy atom. The summed E-state index contributed by atoms with van der Waals surface area (Å²) in [4.78, 5) is 13.0. The van der Waals surface area contributed by atoms with E-state index in [2.05, 4.69) is 20.3 Å². The number of aromatic nitrogens is 3. The van der Waals surface area contributed by atoms with E-state index in [9.17, 15) is 4.39 Å². The molecule has 4 rings (SSSR count). The second-order valence-corrected chi connectivity index (χ2v) is 5.84. The van der Waals surface area contributed by atoms with Gasteiger partial charge in [-0.3, -0.25) is 0 Å². The molecule has 0 atom stereocenters. The smallest absolute Gasteiger partial charge is 0.321 e. The molecule has 0 spiro atoms. The van der Waals surface area contributed by atoms with E-state index in [4.69, 9.17) is 14.2 Å². The molecule has 0 bridgehead atoms. The normalized spacial score (nSPS) is 12.1. The number of benzene rings is 2. The van der Waals surface area contributed by atoms with Crippen LogP contribution < -0.4 is 19.5 Å². The molecule has 1 aromatic heterocycles. The third-order valence-corrected chi connectivity index (χ3v) is 4.04. The number of hydrogen-bond donors (Lipinski definition) is 1. The van der Waals surface area contributed by atoms with Crippen molar-refractivity contribution in [1.82, 2.24) is 15.0 Å². The minimum absolute atomic E-state index is 0.204. The molecule has 2 heterocycles. The summed E-state index contributed by atoms with van der Waals surface area (Å²) in [6, 6.07) is 12.1. The van der Waals surface area contributed by atoms with Crippen LogP contribution in [0.25, 0.3) is 11.4 Å². The summed E-state index contributed by atoms with van der Waals surface area (Å²) >= 11 is 0. The first-order valence-electron chi connectivity index (χ1n) is 8.40. The van der Waals surface area contributed by atoms with Crippen LogP contribution in [0.4, 0.5) is 10.3 Å². The molecule has 138 valence electrons. The van der Waals surface area contributed by atoms with Gasteiger partial charge < -0.3 is 19.5 Å². The van der Waals surface area contributed by atoms with Gasteiger partial charge in [0.25, 0.3) is 0 Å². The zero-order chi connectivity index (χ0) is 18.6. The molecule has 0 saturated heterocycles. The molecule has 3 aromatic rings. The highest BCUT2D eigenvalue weighted by Crippen LogP contribution is 2.35. The predicted octanol–water partition coefficient (Wildman–Crippen LogP) is 3.07. The summed E-state index contributed by atoms with van der Waals surface area (Å²) in [6.07, 6.45) is 0.702. The summed E-state index contributed by atoms with van der Waals surface area (Å²) < 4.78 is 28.9. The first kappa shape index (κ1) is 17.0. The predicted molar refractivity (Wildman–Crippen MR) is 96.5 cm³/mol. The molecule has 0 unspecified atom stereocenters. The zero-order valence-corrected chi connectivity index (χ0v) is 14.6. The molecule has 1 N–H and O–H groups in total. The number of methoxy groups -OCH3 is 1. The van der Waals surface area contributed by atoms with E-state index in [-0.39, 0.29) is 18.6 Å². The average Bonchev–Trinajstić information content (AvgIpc) is 3.17. The lowest BCUT2D eigenvalue weighted by molar-refractivity contribution is 0.174. The lowest BCUT2D eigenvalue weighted by Crippen LogP contribution is -2.10. The Morgan fingerprint density at radius 1 is 1.04 bits per heavy atom. The Morgan fingerprint density at radius 2 is 1.85 bits per heavy atom. The van der Waals surface area contributed by atoms with Gasteiger partial charge in [-0.05, 0) is 42.3 Å². The van der Waals surface area contributed by atoms with Gasteiger partial charge in [-0.15, -0.1) is 0 Å². The van der Waals surface area contributed by atoms with Crippen LogP contribution in [-0.2, 0) is 6.42 Å². The van der Waals surface area contributed by atoms with E-state index in [1.807, 2.05) is 18.2 Å². The molecule has 1 aliphatic rings. The lowest BCUT2D eigenvalue weighted by atomic mass is 10.1. The Labute approximate surface area is 155 Å². The molecule has 0 amide bonds. The third-order valence-electron chi connectivity index (χ3n) is 4.04. The van der Waals surface area contributed by atoms with Crippen molar-refractivity contribution in [3.8, 4) is 28.9 Å². The third kappa shape index (κ3) is 3.89. The Bertz CT molecular complexity index is 950. The van der Waals surface area contributed by atoms with Crippen molar-refractivity contribution in [2.75, 3.05) is 25.8 Å². The van der Waals surface area contributed by atoms with Crippen LogP contribution in [0.1, 0.15) is 5.56 Å². The zero-order valence-electron chi connectivity index (χ0n) is 14.6. The Hall–Kier alpha value is -3.42. The molecule has 0 saturated carbocycles. The van der Waals surface area contributed by atoms with Gasteiger partial charge in [0.2, 0.25) is 12.7 Å². The Balaban J connectivity index is 1.51. The van der Waals surface area contributed by atoms with Crippen molar-refractivity contribution in [1.29, 1.82) is 0 Å². The largest absolute Gasteiger partial charge is 0.467 e. The summed E-state index contributed by atoms with van der Waals surface area (Å²) in [6.45, 7) is 0.787.